The highest BCUT2D eigenvalue weighted by Crippen LogP contribution is 2.18. The molecule has 1 heterocycles. The smallest absolute Gasteiger partial charge is 0.270 e. The number of nitrogens with one attached hydrogen (secondary N) is 2. The first-order valence-corrected chi connectivity index (χ1v) is 5.91. The molecule has 0 saturated heterocycles. The van der Waals surface area contributed by atoms with E-state index in [2.05, 4.69) is 20.9 Å². The Morgan fingerprint density at radius 1 is 1.17 bits per heavy atom. The minimum atomic E-state index is -0.612. The van der Waals surface area contributed by atoms with E-state index in [9.17, 15) is 9.59 Å². The molecule has 1 aromatic heterocycles. The SMILES string of the molecule is NNC(=O)c1ccc(-c2ccc(Br)cc2)[nH]c1=O. The van der Waals surface area contributed by atoms with Crippen molar-refractivity contribution in [3.63, 3.8) is 0 Å². The molecule has 0 aliphatic rings. The van der Waals surface area contributed by atoms with E-state index < -0.39 is 11.5 Å². The second-order valence-electron chi connectivity index (χ2n) is 3.60. The van der Waals surface area contributed by atoms with Gasteiger partial charge in [0.15, 0.2) is 0 Å². The molecular formula is C12H10BrN3O2. The number of H-pyrrole nitrogens is 1. The predicted octanol–water partition coefficient (Wildman–Crippen LogP) is 1.41. The number of hydrogen-bond acceptors (Lipinski definition) is 3. The fourth-order valence-electron chi connectivity index (χ4n) is 1.53. The molecule has 6 heteroatoms. The maximum absolute atomic E-state index is 11.7. The Hall–Kier alpha value is -1.92. The third-order valence-corrected chi connectivity index (χ3v) is 2.97. The van der Waals surface area contributed by atoms with E-state index in [4.69, 9.17) is 5.84 Å². The number of halogens is 1. The van der Waals surface area contributed by atoms with E-state index in [1.54, 1.807) is 6.07 Å². The summed E-state index contributed by atoms with van der Waals surface area (Å²) in [5, 5.41) is 0. The van der Waals surface area contributed by atoms with Gasteiger partial charge < -0.3 is 4.98 Å². The maximum atomic E-state index is 11.7. The summed E-state index contributed by atoms with van der Waals surface area (Å²) >= 11 is 3.33. The molecule has 0 saturated carbocycles. The van der Waals surface area contributed by atoms with Crippen LogP contribution in [-0.2, 0) is 0 Å². The van der Waals surface area contributed by atoms with Crippen LogP contribution in [0.25, 0.3) is 11.3 Å². The zero-order chi connectivity index (χ0) is 13.1. The zero-order valence-electron chi connectivity index (χ0n) is 9.24. The molecule has 1 aromatic carbocycles. The van der Waals surface area contributed by atoms with Crippen LogP contribution in [0.1, 0.15) is 10.4 Å². The molecule has 18 heavy (non-hydrogen) atoms. The number of amides is 1. The number of carbonyl (C=O) groups is 1. The average molecular weight is 308 g/mol. The number of aromatic nitrogens is 1. The first kappa shape index (κ1) is 12.5. The Morgan fingerprint density at radius 2 is 1.83 bits per heavy atom. The molecular weight excluding hydrogens is 298 g/mol. The van der Waals surface area contributed by atoms with Gasteiger partial charge in [-0.3, -0.25) is 15.0 Å². The minimum Gasteiger partial charge on any atom is -0.321 e. The molecule has 0 aliphatic heterocycles. The van der Waals surface area contributed by atoms with Gasteiger partial charge in [-0.25, -0.2) is 5.84 Å². The monoisotopic (exact) mass is 307 g/mol. The van der Waals surface area contributed by atoms with Gasteiger partial charge in [-0.15, -0.1) is 0 Å². The molecule has 0 unspecified atom stereocenters. The van der Waals surface area contributed by atoms with Crippen molar-refractivity contribution in [3.8, 4) is 11.3 Å². The van der Waals surface area contributed by atoms with Crippen LogP contribution in [0.3, 0.4) is 0 Å². The summed E-state index contributed by atoms with van der Waals surface area (Å²) in [5.74, 6) is 4.37. The second-order valence-corrected chi connectivity index (χ2v) is 4.51. The van der Waals surface area contributed by atoms with Crippen molar-refractivity contribution in [3.05, 3.63) is 56.8 Å². The van der Waals surface area contributed by atoms with Crippen molar-refractivity contribution in [2.75, 3.05) is 0 Å². The van der Waals surface area contributed by atoms with Gasteiger partial charge in [0.1, 0.15) is 5.56 Å². The summed E-state index contributed by atoms with van der Waals surface area (Å²) < 4.78 is 0.952. The van der Waals surface area contributed by atoms with E-state index >= 15 is 0 Å². The van der Waals surface area contributed by atoms with Crippen LogP contribution in [0.4, 0.5) is 0 Å². The van der Waals surface area contributed by atoms with Crippen LogP contribution in [0, 0.1) is 0 Å². The molecule has 5 nitrogen and oxygen atoms in total. The van der Waals surface area contributed by atoms with Crippen LogP contribution in [0.15, 0.2) is 45.7 Å². The Labute approximate surface area is 111 Å². The molecule has 2 aromatic rings. The average Bonchev–Trinajstić information content (AvgIpc) is 2.38. The van der Waals surface area contributed by atoms with E-state index in [-0.39, 0.29) is 5.56 Å². The summed E-state index contributed by atoms with van der Waals surface area (Å²) in [4.78, 5) is 25.6. The predicted molar refractivity (Wildman–Crippen MR) is 71.9 cm³/mol. The molecule has 0 fully saturated rings. The van der Waals surface area contributed by atoms with Crippen LogP contribution in [0.2, 0.25) is 0 Å². The number of hydrazine groups is 1. The Bertz CT molecular complexity index is 635. The normalized spacial score (nSPS) is 10.1. The Kier molecular flexibility index (Phi) is 3.59. The van der Waals surface area contributed by atoms with Crippen molar-refractivity contribution in [1.29, 1.82) is 0 Å². The van der Waals surface area contributed by atoms with Crippen molar-refractivity contribution >= 4 is 21.8 Å². The van der Waals surface area contributed by atoms with Gasteiger partial charge in [-0.1, -0.05) is 28.1 Å². The fourth-order valence-corrected chi connectivity index (χ4v) is 1.79. The van der Waals surface area contributed by atoms with Crippen molar-refractivity contribution in [1.82, 2.24) is 10.4 Å². The molecule has 0 spiro atoms. The zero-order valence-corrected chi connectivity index (χ0v) is 10.8. The van der Waals surface area contributed by atoms with Gasteiger partial charge in [0.2, 0.25) is 0 Å². The van der Waals surface area contributed by atoms with Crippen LogP contribution in [0.5, 0.6) is 0 Å². The van der Waals surface area contributed by atoms with E-state index in [1.165, 1.54) is 6.07 Å². The Morgan fingerprint density at radius 3 is 2.39 bits per heavy atom. The van der Waals surface area contributed by atoms with Crippen molar-refractivity contribution < 1.29 is 4.79 Å². The molecule has 4 N–H and O–H groups in total. The molecule has 0 atom stereocenters. The lowest BCUT2D eigenvalue weighted by atomic mass is 10.1. The number of nitrogen functional groups attached to an aromatic ring is 1. The summed E-state index contributed by atoms with van der Waals surface area (Å²) in [6, 6.07) is 10.6. The van der Waals surface area contributed by atoms with Crippen molar-refractivity contribution in [2.24, 2.45) is 5.84 Å². The largest absolute Gasteiger partial charge is 0.321 e. The highest BCUT2D eigenvalue weighted by atomic mass is 79.9. The molecule has 2 rings (SSSR count). The molecule has 92 valence electrons. The standard InChI is InChI=1S/C12H10BrN3O2/c13-8-3-1-7(2-4-8)10-6-5-9(11(17)15-10)12(18)16-14/h1-6H,14H2,(H,15,17)(H,16,18). The third-order valence-electron chi connectivity index (χ3n) is 2.44. The number of pyridine rings is 1. The Balaban J connectivity index is 2.43. The van der Waals surface area contributed by atoms with Gasteiger partial charge in [0.05, 0.1) is 0 Å². The number of aromatic amines is 1. The quantitative estimate of drug-likeness (QED) is 0.445. The van der Waals surface area contributed by atoms with Crippen LogP contribution < -0.4 is 16.8 Å². The number of carbonyl (C=O) groups excluding carboxylic acids is 1. The lowest BCUT2D eigenvalue weighted by molar-refractivity contribution is 0.0952. The molecule has 0 radical (unpaired) electrons. The molecule has 1 amide bonds. The summed E-state index contributed by atoms with van der Waals surface area (Å²) in [6.07, 6.45) is 0. The van der Waals surface area contributed by atoms with Gasteiger partial charge in [-0.2, -0.15) is 0 Å². The fraction of sp³-hybridized carbons (Fsp3) is 0. The summed E-state index contributed by atoms with van der Waals surface area (Å²) in [6.45, 7) is 0. The highest BCUT2D eigenvalue weighted by molar-refractivity contribution is 9.10. The first-order valence-electron chi connectivity index (χ1n) is 5.12. The topological polar surface area (TPSA) is 88.0 Å². The van der Waals surface area contributed by atoms with Gasteiger partial charge in [0, 0.05) is 10.2 Å². The summed E-state index contributed by atoms with van der Waals surface area (Å²) in [5.41, 5.74) is 2.93. The van der Waals surface area contributed by atoms with E-state index in [0.29, 0.717) is 5.69 Å². The van der Waals surface area contributed by atoms with Gasteiger partial charge >= 0.3 is 0 Å². The maximum Gasteiger partial charge on any atom is 0.270 e. The molecule has 0 bridgehead atoms. The van der Waals surface area contributed by atoms with E-state index in [1.807, 2.05) is 29.7 Å². The van der Waals surface area contributed by atoms with Gasteiger partial charge in [0.25, 0.3) is 11.5 Å². The van der Waals surface area contributed by atoms with E-state index in [0.717, 1.165) is 10.0 Å². The highest BCUT2D eigenvalue weighted by Gasteiger charge is 2.09. The number of rotatable bonds is 2. The second kappa shape index (κ2) is 5.16. The van der Waals surface area contributed by atoms with Crippen molar-refractivity contribution in [2.45, 2.75) is 0 Å². The number of hydrogen-bond donors (Lipinski definition) is 3. The lowest BCUT2D eigenvalue weighted by Gasteiger charge is -2.03. The lowest BCUT2D eigenvalue weighted by Crippen LogP contribution is -2.34. The number of nitrogens with two attached hydrogens (primary N) is 1. The van der Waals surface area contributed by atoms with Crippen LogP contribution >= 0.6 is 15.9 Å². The summed E-state index contributed by atoms with van der Waals surface area (Å²) in [7, 11) is 0. The minimum absolute atomic E-state index is 0.0154. The first-order chi connectivity index (χ1) is 8.61. The van der Waals surface area contributed by atoms with Gasteiger partial charge in [-0.05, 0) is 29.8 Å². The van der Waals surface area contributed by atoms with Crippen LogP contribution in [-0.4, -0.2) is 10.9 Å². The third kappa shape index (κ3) is 2.49. The number of benzene rings is 1. The molecule has 0 aliphatic carbocycles.